The molecule has 22 heavy (non-hydrogen) atoms. The number of hydrogen-bond donors (Lipinski definition) is 1. The van der Waals surface area contributed by atoms with Crippen LogP contribution in [-0.4, -0.2) is 53.9 Å². The van der Waals surface area contributed by atoms with E-state index in [1.54, 1.807) is 4.90 Å². The Kier molecular flexibility index (Phi) is 5.24. The number of anilines is 1. The van der Waals surface area contributed by atoms with Crippen LogP contribution in [-0.2, 0) is 9.47 Å². The maximum atomic E-state index is 12.1. The zero-order valence-corrected chi connectivity index (χ0v) is 13.8. The Morgan fingerprint density at radius 2 is 2.27 bits per heavy atom. The number of morpholine rings is 1. The van der Waals surface area contributed by atoms with E-state index in [0.29, 0.717) is 26.2 Å². The largest absolute Gasteiger partial charge is 0.444 e. The molecule has 2 rings (SSSR count). The summed E-state index contributed by atoms with van der Waals surface area (Å²) in [5, 5.41) is 3.23. The number of hydrogen-bond acceptors (Lipinski definition) is 5. The first-order valence-corrected chi connectivity index (χ1v) is 7.59. The van der Waals surface area contributed by atoms with Gasteiger partial charge in [-0.25, -0.2) is 9.78 Å². The van der Waals surface area contributed by atoms with Gasteiger partial charge < -0.3 is 19.7 Å². The van der Waals surface area contributed by atoms with E-state index < -0.39 is 5.60 Å². The van der Waals surface area contributed by atoms with Crippen molar-refractivity contribution < 1.29 is 14.3 Å². The number of aromatic nitrogens is 1. The maximum absolute atomic E-state index is 12.1. The van der Waals surface area contributed by atoms with Gasteiger partial charge in [0.25, 0.3) is 0 Å². The highest BCUT2D eigenvalue weighted by atomic mass is 16.6. The summed E-state index contributed by atoms with van der Waals surface area (Å²) in [7, 11) is 0. The standard InChI is InChI=1S/C16H25N3O3/c1-12-5-6-14(17-9-12)18-10-13-11-19(7-8-21-13)15(20)22-16(2,3)4/h5-6,9,13H,7-8,10-11H2,1-4H3,(H,17,18). The molecule has 122 valence electrons. The second-order valence-corrected chi connectivity index (χ2v) is 6.52. The molecule has 2 heterocycles. The number of amides is 1. The highest BCUT2D eigenvalue weighted by molar-refractivity contribution is 5.68. The fraction of sp³-hybridized carbons (Fsp3) is 0.625. The fourth-order valence-electron chi connectivity index (χ4n) is 2.13. The first-order chi connectivity index (χ1) is 10.3. The third kappa shape index (κ3) is 5.18. The van der Waals surface area contributed by atoms with Gasteiger partial charge in [0.05, 0.1) is 19.3 Å². The Bertz CT molecular complexity index is 496. The van der Waals surface area contributed by atoms with Crippen molar-refractivity contribution in [2.24, 2.45) is 0 Å². The lowest BCUT2D eigenvalue weighted by atomic mass is 10.2. The Hall–Kier alpha value is -1.82. The van der Waals surface area contributed by atoms with Crippen LogP contribution in [0.25, 0.3) is 0 Å². The Labute approximate surface area is 131 Å². The lowest BCUT2D eigenvalue weighted by molar-refractivity contribution is -0.0371. The second kappa shape index (κ2) is 6.96. The van der Waals surface area contributed by atoms with Crippen molar-refractivity contribution in [1.82, 2.24) is 9.88 Å². The van der Waals surface area contributed by atoms with Gasteiger partial charge in [-0.2, -0.15) is 0 Å². The van der Waals surface area contributed by atoms with Crippen molar-refractivity contribution in [2.75, 3.05) is 31.6 Å². The van der Waals surface area contributed by atoms with Crippen LogP contribution in [0, 0.1) is 6.92 Å². The summed E-state index contributed by atoms with van der Waals surface area (Å²) in [6.45, 7) is 9.82. The molecule has 1 aliphatic rings. The van der Waals surface area contributed by atoms with Gasteiger partial charge in [-0.15, -0.1) is 0 Å². The summed E-state index contributed by atoms with van der Waals surface area (Å²) in [6.07, 6.45) is 1.47. The van der Waals surface area contributed by atoms with Gasteiger partial charge in [0.15, 0.2) is 0 Å². The number of ether oxygens (including phenoxy) is 2. The summed E-state index contributed by atoms with van der Waals surface area (Å²) < 4.78 is 11.1. The highest BCUT2D eigenvalue weighted by Gasteiger charge is 2.27. The average Bonchev–Trinajstić information content (AvgIpc) is 2.45. The number of nitrogens with one attached hydrogen (secondary N) is 1. The fourth-order valence-corrected chi connectivity index (χ4v) is 2.13. The molecule has 1 amide bonds. The average molecular weight is 307 g/mol. The first-order valence-electron chi connectivity index (χ1n) is 7.59. The highest BCUT2D eigenvalue weighted by Crippen LogP contribution is 2.13. The topological polar surface area (TPSA) is 63.7 Å². The lowest BCUT2D eigenvalue weighted by Crippen LogP contribution is -2.49. The molecule has 1 N–H and O–H groups in total. The third-order valence-corrected chi connectivity index (χ3v) is 3.21. The molecule has 6 heteroatoms. The minimum Gasteiger partial charge on any atom is -0.444 e. The summed E-state index contributed by atoms with van der Waals surface area (Å²) in [6, 6.07) is 3.94. The smallest absolute Gasteiger partial charge is 0.410 e. The second-order valence-electron chi connectivity index (χ2n) is 6.52. The zero-order valence-electron chi connectivity index (χ0n) is 13.8. The normalized spacial score (nSPS) is 18.9. The van der Waals surface area contributed by atoms with Crippen molar-refractivity contribution in [1.29, 1.82) is 0 Å². The van der Waals surface area contributed by atoms with Crippen LogP contribution >= 0.6 is 0 Å². The molecule has 0 spiro atoms. The number of rotatable bonds is 3. The number of carbonyl (C=O) groups is 1. The SMILES string of the molecule is Cc1ccc(NCC2CN(C(=O)OC(C)(C)C)CCO2)nc1. The number of nitrogens with zero attached hydrogens (tertiary/aromatic N) is 2. The molecule has 1 aliphatic heterocycles. The molecular formula is C16H25N3O3. The van der Waals surface area contributed by atoms with E-state index in [2.05, 4.69) is 10.3 Å². The van der Waals surface area contributed by atoms with Gasteiger partial charge in [-0.1, -0.05) is 6.07 Å². The molecule has 1 aromatic rings. The van der Waals surface area contributed by atoms with E-state index >= 15 is 0 Å². The molecule has 1 atom stereocenters. The van der Waals surface area contributed by atoms with Gasteiger partial charge in [-0.3, -0.25) is 0 Å². The van der Waals surface area contributed by atoms with Crippen LogP contribution in [0.2, 0.25) is 0 Å². The van der Waals surface area contributed by atoms with E-state index in [4.69, 9.17) is 9.47 Å². The summed E-state index contributed by atoms with van der Waals surface area (Å²) in [5.41, 5.74) is 0.644. The Morgan fingerprint density at radius 1 is 1.50 bits per heavy atom. The van der Waals surface area contributed by atoms with E-state index in [9.17, 15) is 4.79 Å². The molecule has 0 aliphatic carbocycles. The monoisotopic (exact) mass is 307 g/mol. The summed E-state index contributed by atoms with van der Waals surface area (Å²) in [4.78, 5) is 18.1. The van der Waals surface area contributed by atoms with Crippen molar-refractivity contribution in [3.8, 4) is 0 Å². The molecule has 1 fully saturated rings. The molecule has 0 saturated carbocycles. The number of aryl methyl sites for hydroxylation is 1. The van der Waals surface area contributed by atoms with Crippen molar-refractivity contribution in [3.05, 3.63) is 23.9 Å². The van der Waals surface area contributed by atoms with Crippen LogP contribution in [0.4, 0.5) is 10.6 Å². The van der Waals surface area contributed by atoms with Gasteiger partial charge in [0.2, 0.25) is 0 Å². The van der Waals surface area contributed by atoms with Gasteiger partial charge in [-0.05, 0) is 39.3 Å². The Morgan fingerprint density at radius 3 is 2.91 bits per heavy atom. The molecule has 0 aromatic carbocycles. The quantitative estimate of drug-likeness (QED) is 0.929. The van der Waals surface area contributed by atoms with Crippen molar-refractivity contribution in [3.63, 3.8) is 0 Å². The molecule has 1 saturated heterocycles. The molecular weight excluding hydrogens is 282 g/mol. The molecule has 1 unspecified atom stereocenters. The number of carbonyl (C=O) groups excluding carboxylic acids is 1. The lowest BCUT2D eigenvalue weighted by Gasteiger charge is -2.34. The van der Waals surface area contributed by atoms with Crippen molar-refractivity contribution >= 4 is 11.9 Å². The minimum absolute atomic E-state index is 0.0654. The summed E-state index contributed by atoms with van der Waals surface area (Å²) >= 11 is 0. The van der Waals surface area contributed by atoms with Gasteiger partial charge >= 0.3 is 6.09 Å². The predicted molar refractivity (Wildman–Crippen MR) is 85.0 cm³/mol. The van der Waals surface area contributed by atoms with Crippen LogP contribution in [0.15, 0.2) is 18.3 Å². The van der Waals surface area contributed by atoms with E-state index in [0.717, 1.165) is 11.4 Å². The molecule has 6 nitrogen and oxygen atoms in total. The van der Waals surface area contributed by atoms with E-state index in [1.807, 2.05) is 46.0 Å². The predicted octanol–water partition coefficient (Wildman–Crippen LogP) is 2.44. The molecule has 0 radical (unpaired) electrons. The van der Waals surface area contributed by atoms with Gasteiger partial charge in [0, 0.05) is 19.3 Å². The van der Waals surface area contributed by atoms with E-state index in [-0.39, 0.29) is 12.2 Å². The van der Waals surface area contributed by atoms with E-state index in [1.165, 1.54) is 0 Å². The minimum atomic E-state index is -0.477. The Balaban J connectivity index is 1.82. The first kappa shape index (κ1) is 16.5. The number of pyridine rings is 1. The molecule has 1 aromatic heterocycles. The summed E-state index contributed by atoms with van der Waals surface area (Å²) in [5.74, 6) is 0.809. The molecule has 0 bridgehead atoms. The maximum Gasteiger partial charge on any atom is 0.410 e. The zero-order chi connectivity index (χ0) is 16.2. The third-order valence-electron chi connectivity index (χ3n) is 3.21. The van der Waals surface area contributed by atoms with Gasteiger partial charge in [0.1, 0.15) is 11.4 Å². The van der Waals surface area contributed by atoms with Crippen LogP contribution in [0.1, 0.15) is 26.3 Å². The van der Waals surface area contributed by atoms with Crippen LogP contribution in [0.3, 0.4) is 0 Å². The van der Waals surface area contributed by atoms with Crippen molar-refractivity contribution in [2.45, 2.75) is 39.4 Å². The van der Waals surface area contributed by atoms with Crippen LogP contribution in [0.5, 0.6) is 0 Å². The van der Waals surface area contributed by atoms with Crippen LogP contribution < -0.4 is 5.32 Å².